The summed E-state index contributed by atoms with van der Waals surface area (Å²) in [5, 5.41) is 2.80. The molecule has 1 aromatic carbocycles. The molecule has 0 aliphatic heterocycles. The highest BCUT2D eigenvalue weighted by atomic mass is 16.5. The van der Waals surface area contributed by atoms with Gasteiger partial charge < -0.3 is 19.5 Å². The van der Waals surface area contributed by atoms with Crippen molar-refractivity contribution < 1.29 is 23.8 Å². The Balaban J connectivity index is 2.84. The van der Waals surface area contributed by atoms with Crippen LogP contribution in [0.3, 0.4) is 0 Å². The zero-order chi connectivity index (χ0) is 15.8. The van der Waals surface area contributed by atoms with Crippen molar-refractivity contribution in [1.82, 2.24) is 5.32 Å². The van der Waals surface area contributed by atoms with Crippen molar-refractivity contribution in [3.63, 3.8) is 0 Å². The Morgan fingerprint density at radius 3 is 2.10 bits per heavy atom. The number of nitrogens with one attached hydrogen (secondary N) is 1. The zero-order valence-corrected chi connectivity index (χ0v) is 12.8. The lowest BCUT2D eigenvalue weighted by Crippen LogP contribution is -2.36. The molecule has 1 N–H and O–H groups in total. The standard InChI is InChI=1S/C15H21NO5/c1-5-11(8-14(17)21-4)16-15(18)10-6-12(19-2)9-13(7-10)20-3/h6-7,9,11H,5,8H2,1-4H3,(H,16,18). The third-order valence-electron chi connectivity index (χ3n) is 3.08. The van der Waals surface area contributed by atoms with Crippen LogP contribution in [0.15, 0.2) is 18.2 Å². The van der Waals surface area contributed by atoms with Crippen molar-refractivity contribution in [3.05, 3.63) is 23.8 Å². The van der Waals surface area contributed by atoms with Crippen LogP contribution in [-0.4, -0.2) is 39.2 Å². The summed E-state index contributed by atoms with van der Waals surface area (Å²) >= 11 is 0. The SMILES string of the molecule is CCC(CC(=O)OC)NC(=O)c1cc(OC)cc(OC)c1. The quantitative estimate of drug-likeness (QED) is 0.776. The van der Waals surface area contributed by atoms with E-state index >= 15 is 0 Å². The smallest absolute Gasteiger partial charge is 0.307 e. The highest BCUT2D eigenvalue weighted by Gasteiger charge is 2.17. The van der Waals surface area contributed by atoms with Crippen molar-refractivity contribution in [3.8, 4) is 11.5 Å². The molecule has 1 amide bonds. The minimum absolute atomic E-state index is 0.139. The largest absolute Gasteiger partial charge is 0.497 e. The molecule has 6 nitrogen and oxygen atoms in total. The van der Waals surface area contributed by atoms with E-state index in [1.807, 2.05) is 6.92 Å². The molecule has 1 unspecified atom stereocenters. The van der Waals surface area contributed by atoms with Crippen molar-refractivity contribution >= 4 is 11.9 Å². The summed E-state index contributed by atoms with van der Waals surface area (Å²) in [6.07, 6.45) is 0.766. The molecule has 0 saturated carbocycles. The van der Waals surface area contributed by atoms with Gasteiger partial charge in [0.25, 0.3) is 5.91 Å². The number of esters is 1. The molecule has 0 heterocycles. The molecule has 6 heteroatoms. The van der Waals surface area contributed by atoms with Gasteiger partial charge in [-0.1, -0.05) is 6.92 Å². The molecule has 116 valence electrons. The van der Waals surface area contributed by atoms with E-state index in [0.29, 0.717) is 23.5 Å². The third-order valence-corrected chi connectivity index (χ3v) is 3.08. The second-order valence-electron chi connectivity index (χ2n) is 4.46. The zero-order valence-electron chi connectivity index (χ0n) is 12.8. The molecule has 0 aliphatic rings. The number of amides is 1. The van der Waals surface area contributed by atoms with Crippen LogP contribution in [0.25, 0.3) is 0 Å². The highest BCUT2D eigenvalue weighted by molar-refractivity contribution is 5.95. The molecule has 1 aromatic rings. The predicted octanol–water partition coefficient (Wildman–Crippen LogP) is 1.78. The Hall–Kier alpha value is -2.24. The van der Waals surface area contributed by atoms with Crippen LogP contribution in [-0.2, 0) is 9.53 Å². The number of ether oxygens (including phenoxy) is 3. The fourth-order valence-corrected chi connectivity index (χ4v) is 1.79. The first-order valence-electron chi connectivity index (χ1n) is 6.64. The maximum Gasteiger partial charge on any atom is 0.307 e. The predicted molar refractivity (Wildman–Crippen MR) is 77.7 cm³/mol. The monoisotopic (exact) mass is 295 g/mol. The van der Waals surface area contributed by atoms with Crippen LogP contribution in [0.2, 0.25) is 0 Å². The molecule has 0 fully saturated rings. The lowest BCUT2D eigenvalue weighted by molar-refractivity contribution is -0.141. The Labute approximate surface area is 124 Å². The average molecular weight is 295 g/mol. The van der Waals surface area contributed by atoms with E-state index in [4.69, 9.17) is 9.47 Å². The molecule has 0 aromatic heterocycles. The van der Waals surface area contributed by atoms with Gasteiger partial charge in [-0.05, 0) is 18.6 Å². The third kappa shape index (κ3) is 4.98. The fraction of sp³-hybridized carbons (Fsp3) is 0.467. The van der Waals surface area contributed by atoms with Crippen LogP contribution < -0.4 is 14.8 Å². The van der Waals surface area contributed by atoms with Gasteiger partial charge in [-0.2, -0.15) is 0 Å². The summed E-state index contributed by atoms with van der Waals surface area (Å²) in [5.74, 6) is 0.411. The number of hydrogen-bond acceptors (Lipinski definition) is 5. The normalized spacial score (nSPS) is 11.4. The topological polar surface area (TPSA) is 73.9 Å². The summed E-state index contributed by atoms with van der Waals surface area (Å²) in [6.45, 7) is 1.89. The van der Waals surface area contributed by atoms with E-state index in [0.717, 1.165) is 0 Å². The first kappa shape index (κ1) is 16.8. The summed E-state index contributed by atoms with van der Waals surface area (Å²) in [7, 11) is 4.36. The average Bonchev–Trinajstić information content (AvgIpc) is 2.52. The lowest BCUT2D eigenvalue weighted by Gasteiger charge is -2.16. The summed E-state index contributed by atoms with van der Waals surface area (Å²) < 4.78 is 14.9. The van der Waals surface area contributed by atoms with Gasteiger partial charge in [0.15, 0.2) is 0 Å². The molecule has 1 rings (SSSR count). The summed E-state index contributed by atoms with van der Waals surface area (Å²) in [4.78, 5) is 23.5. The van der Waals surface area contributed by atoms with E-state index in [-0.39, 0.29) is 24.3 Å². The van der Waals surface area contributed by atoms with Crippen molar-refractivity contribution in [1.29, 1.82) is 0 Å². The van der Waals surface area contributed by atoms with Crippen LogP contribution >= 0.6 is 0 Å². The number of rotatable bonds is 7. The van der Waals surface area contributed by atoms with E-state index in [1.165, 1.54) is 21.3 Å². The minimum atomic E-state index is -0.356. The second-order valence-corrected chi connectivity index (χ2v) is 4.46. The number of hydrogen-bond donors (Lipinski definition) is 1. The summed E-state index contributed by atoms with van der Waals surface area (Å²) in [5.41, 5.74) is 0.412. The van der Waals surface area contributed by atoms with Crippen LogP contribution in [0.1, 0.15) is 30.1 Å². The number of carbonyl (C=O) groups excluding carboxylic acids is 2. The minimum Gasteiger partial charge on any atom is -0.497 e. The first-order chi connectivity index (χ1) is 10.0. The highest BCUT2D eigenvalue weighted by Crippen LogP contribution is 2.22. The Kier molecular flexibility index (Phi) is 6.52. The van der Waals surface area contributed by atoms with Gasteiger partial charge >= 0.3 is 5.97 Å². The molecule has 0 saturated heterocycles. The Morgan fingerprint density at radius 2 is 1.67 bits per heavy atom. The van der Waals surface area contributed by atoms with Gasteiger partial charge in [-0.15, -0.1) is 0 Å². The molecular formula is C15H21NO5. The lowest BCUT2D eigenvalue weighted by atomic mass is 10.1. The van der Waals surface area contributed by atoms with E-state index in [9.17, 15) is 9.59 Å². The maximum absolute atomic E-state index is 12.2. The van der Waals surface area contributed by atoms with Crippen LogP contribution in [0.4, 0.5) is 0 Å². The Bertz CT molecular complexity index is 479. The fourth-order valence-electron chi connectivity index (χ4n) is 1.79. The van der Waals surface area contributed by atoms with Gasteiger partial charge in [0, 0.05) is 17.7 Å². The second kappa shape index (κ2) is 8.14. The van der Waals surface area contributed by atoms with Gasteiger partial charge in [0.1, 0.15) is 11.5 Å². The van der Waals surface area contributed by atoms with Crippen LogP contribution in [0, 0.1) is 0 Å². The number of benzene rings is 1. The van der Waals surface area contributed by atoms with E-state index < -0.39 is 0 Å². The van der Waals surface area contributed by atoms with Crippen molar-refractivity contribution in [2.45, 2.75) is 25.8 Å². The van der Waals surface area contributed by atoms with Gasteiger partial charge in [0.2, 0.25) is 0 Å². The molecule has 0 spiro atoms. The molecular weight excluding hydrogens is 274 g/mol. The van der Waals surface area contributed by atoms with Crippen molar-refractivity contribution in [2.24, 2.45) is 0 Å². The van der Waals surface area contributed by atoms with Gasteiger partial charge in [0.05, 0.1) is 27.8 Å². The van der Waals surface area contributed by atoms with Crippen molar-refractivity contribution in [2.75, 3.05) is 21.3 Å². The van der Waals surface area contributed by atoms with Gasteiger partial charge in [-0.3, -0.25) is 9.59 Å². The van der Waals surface area contributed by atoms with Gasteiger partial charge in [-0.25, -0.2) is 0 Å². The molecule has 0 aliphatic carbocycles. The molecule has 1 atom stereocenters. The number of carbonyl (C=O) groups is 2. The first-order valence-corrected chi connectivity index (χ1v) is 6.64. The molecule has 21 heavy (non-hydrogen) atoms. The van der Waals surface area contributed by atoms with E-state index in [2.05, 4.69) is 10.1 Å². The van der Waals surface area contributed by atoms with Crippen LogP contribution in [0.5, 0.6) is 11.5 Å². The molecule has 0 bridgehead atoms. The maximum atomic E-state index is 12.2. The summed E-state index contributed by atoms with van der Waals surface area (Å²) in [6, 6.07) is 4.63. The number of methoxy groups -OCH3 is 3. The van der Waals surface area contributed by atoms with E-state index in [1.54, 1.807) is 18.2 Å². The molecule has 0 radical (unpaired) electrons. The Morgan fingerprint density at radius 1 is 1.10 bits per heavy atom.